The molecule has 0 spiro atoms. The maximum atomic E-state index is 12.1. The van der Waals surface area contributed by atoms with Crippen LogP contribution in [-0.4, -0.2) is 27.5 Å². The van der Waals surface area contributed by atoms with E-state index in [1.807, 2.05) is 6.07 Å². The molecule has 1 heterocycles. The fourth-order valence-electron chi connectivity index (χ4n) is 2.80. The Kier molecular flexibility index (Phi) is 3.05. The second-order valence-corrected chi connectivity index (χ2v) is 6.91. The molecule has 6 heteroatoms. The summed E-state index contributed by atoms with van der Waals surface area (Å²) in [7, 11) is -3.37. The minimum atomic E-state index is -3.37. The molecule has 1 aliphatic carbocycles. The zero-order chi connectivity index (χ0) is 13.5. The summed E-state index contributed by atoms with van der Waals surface area (Å²) < 4.78 is 27.0. The van der Waals surface area contributed by atoms with Gasteiger partial charge in [0.05, 0.1) is 17.4 Å². The average molecular weight is 277 g/mol. The molecule has 2 aliphatic rings. The molecule has 3 rings (SSSR count). The molecule has 0 radical (unpaired) electrons. The lowest BCUT2D eigenvalue weighted by Gasteiger charge is -2.09. The van der Waals surface area contributed by atoms with E-state index >= 15 is 0 Å². The van der Waals surface area contributed by atoms with Crippen LogP contribution in [0.3, 0.4) is 0 Å². The number of nitrogens with zero attached hydrogens (tertiary/aromatic N) is 1. The SMILES string of the molecule is N#Cc1ccccc1CS(=O)(=O)NC1C2CNCC21. The van der Waals surface area contributed by atoms with Gasteiger partial charge in [-0.25, -0.2) is 13.1 Å². The van der Waals surface area contributed by atoms with Gasteiger partial charge in [-0.1, -0.05) is 18.2 Å². The van der Waals surface area contributed by atoms with Crippen molar-refractivity contribution in [2.45, 2.75) is 11.8 Å². The van der Waals surface area contributed by atoms with Crippen LogP contribution in [0.4, 0.5) is 0 Å². The molecule has 2 fully saturated rings. The van der Waals surface area contributed by atoms with Crippen molar-refractivity contribution < 1.29 is 8.42 Å². The van der Waals surface area contributed by atoms with E-state index in [1.54, 1.807) is 24.3 Å². The maximum absolute atomic E-state index is 12.1. The van der Waals surface area contributed by atoms with Crippen LogP contribution in [0.5, 0.6) is 0 Å². The molecule has 1 aliphatic heterocycles. The first-order valence-corrected chi connectivity index (χ1v) is 7.95. The Labute approximate surface area is 112 Å². The molecule has 100 valence electrons. The van der Waals surface area contributed by atoms with Gasteiger partial charge < -0.3 is 5.32 Å². The summed E-state index contributed by atoms with van der Waals surface area (Å²) in [6.45, 7) is 1.79. The molecule has 0 aromatic heterocycles. The maximum Gasteiger partial charge on any atom is 0.216 e. The number of sulfonamides is 1. The predicted molar refractivity (Wildman–Crippen MR) is 70.6 cm³/mol. The largest absolute Gasteiger partial charge is 0.316 e. The fourth-order valence-corrected chi connectivity index (χ4v) is 4.31. The Bertz CT molecular complexity index is 626. The quantitative estimate of drug-likeness (QED) is 0.823. The summed E-state index contributed by atoms with van der Waals surface area (Å²) >= 11 is 0. The van der Waals surface area contributed by atoms with Gasteiger partial charge in [-0.15, -0.1) is 0 Å². The van der Waals surface area contributed by atoms with E-state index in [4.69, 9.17) is 5.26 Å². The Morgan fingerprint density at radius 1 is 1.32 bits per heavy atom. The van der Waals surface area contributed by atoms with Gasteiger partial charge in [0.1, 0.15) is 0 Å². The molecule has 5 nitrogen and oxygen atoms in total. The van der Waals surface area contributed by atoms with Crippen molar-refractivity contribution in [2.75, 3.05) is 13.1 Å². The number of nitrogens with one attached hydrogen (secondary N) is 2. The van der Waals surface area contributed by atoms with Gasteiger partial charge in [0, 0.05) is 6.04 Å². The monoisotopic (exact) mass is 277 g/mol. The van der Waals surface area contributed by atoms with Crippen LogP contribution in [0.1, 0.15) is 11.1 Å². The summed E-state index contributed by atoms with van der Waals surface area (Å²) in [6.07, 6.45) is 0. The lowest BCUT2D eigenvalue weighted by molar-refractivity contribution is 0.564. The highest BCUT2D eigenvalue weighted by atomic mass is 32.2. The van der Waals surface area contributed by atoms with E-state index in [0.29, 0.717) is 23.0 Å². The Balaban J connectivity index is 1.70. The Morgan fingerprint density at radius 2 is 2.00 bits per heavy atom. The van der Waals surface area contributed by atoms with Crippen LogP contribution in [0.15, 0.2) is 24.3 Å². The second-order valence-electron chi connectivity index (χ2n) is 5.16. The first-order chi connectivity index (χ1) is 9.11. The number of hydrogen-bond donors (Lipinski definition) is 2. The summed E-state index contributed by atoms with van der Waals surface area (Å²) in [5, 5.41) is 12.2. The zero-order valence-electron chi connectivity index (χ0n) is 10.3. The van der Waals surface area contributed by atoms with E-state index in [1.165, 1.54) is 0 Å². The van der Waals surface area contributed by atoms with Crippen molar-refractivity contribution in [3.05, 3.63) is 35.4 Å². The van der Waals surface area contributed by atoms with Crippen LogP contribution in [0, 0.1) is 23.2 Å². The number of piperidine rings is 1. The highest BCUT2D eigenvalue weighted by Gasteiger charge is 2.54. The van der Waals surface area contributed by atoms with Crippen molar-refractivity contribution in [3.8, 4) is 6.07 Å². The van der Waals surface area contributed by atoms with Crippen LogP contribution in [0.25, 0.3) is 0 Å². The van der Waals surface area contributed by atoms with Gasteiger partial charge >= 0.3 is 0 Å². The van der Waals surface area contributed by atoms with Gasteiger partial charge in [-0.2, -0.15) is 5.26 Å². The third-order valence-electron chi connectivity index (χ3n) is 3.89. The van der Waals surface area contributed by atoms with Crippen molar-refractivity contribution in [2.24, 2.45) is 11.8 Å². The Morgan fingerprint density at radius 3 is 2.68 bits per heavy atom. The first-order valence-electron chi connectivity index (χ1n) is 6.29. The molecule has 1 aromatic carbocycles. The van der Waals surface area contributed by atoms with E-state index in [9.17, 15) is 8.42 Å². The molecule has 0 bridgehead atoms. The van der Waals surface area contributed by atoms with Crippen molar-refractivity contribution in [3.63, 3.8) is 0 Å². The summed E-state index contributed by atoms with van der Waals surface area (Å²) in [6, 6.07) is 8.92. The normalized spacial score (nSPS) is 28.7. The molecule has 1 saturated heterocycles. The number of nitriles is 1. The molecule has 1 aromatic rings. The average Bonchev–Trinajstić information content (AvgIpc) is 2.82. The van der Waals surface area contributed by atoms with Gasteiger partial charge in [-0.05, 0) is 36.6 Å². The third kappa shape index (κ3) is 2.50. The molecule has 1 saturated carbocycles. The Hall–Kier alpha value is -1.42. The second kappa shape index (κ2) is 4.60. The summed E-state index contributed by atoms with van der Waals surface area (Å²) in [5.74, 6) is 0.766. The molecular weight excluding hydrogens is 262 g/mol. The van der Waals surface area contributed by atoms with E-state index in [0.717, 1.165) is 13.1 Å². The van der Waals surface area contributed by atoms with Crippen LogP contribution in [-0.2, 0) is 15.8 Å². The zero-order valence-corrected chi connectivity index (χ0v) is 11.2. The van der Waals surface area contributed by atoms with Crippen LogP contribution in [0.2, 0.25) is 0 Å². The molecule has 2 unspecified atom stereocenters. The van der Waals surface area contributed by atoms with Gasteiger partial charge in [-0.3, -0.25) is 0 Å². The number of fused-ring (bicyclic) bond motifs is 1. The van der Waals surface area contributed by atoms with Crippen molar-refractivity contribution in [1.29, 1.82) is 5.26 Å². The predicted octanol–water partition coefficient (Wildman–Crippen LogP) is 0.195. The topological polar surface area (TPSA) is 82.0 Å². The highest BCUT2D eigenvalue weighted by Crippen LogP contribution is 2.42. The number of benzene rings is 1. The number of hydrogen-bond acceptors (Lipinski definition) is 4. The van der Waals surface area contributed by atoms with Gasteiger partial charge in [0.15, 0.2) is 0 Å². The summed E-state index contributed by atoms with van der Waals surface area (Å²) in [4.78, 5) is 0. The lowest BCUT2D eigenvalue weighted by atomic mass is 10.1. The molecule has 2 atom stereocenters. The van der Waals surface area contributed by atoms with E-state index in [2.05, 4.69) is 10.0 Å². The van der Waals surface area contributed by atoms with Crippen molar-refractivity contribution in [1.82, 2.24) is 10.0 Å². The standard InChI is InChI=1S/C13H15N3O2S/c14-5-9-3-1-2-4-10(9)8-19(17,18)16-13-11-6-15-7-12(11)13/h1-4,11-13,15-16H,6-8H2. The molecule has 2 N–H and O–H groups in total. The minimum Gasteiger partial charge on any atom is -0.316 e. The molecule has 0 amide bonds. The molecular formula is C13H15N3O2S. The minimum absolute atomic E-state index is 0.0838. The van der Waals surface area contributed by atoms with E-state index in [-0.39, 0.29) is 11.8 Å². The van der Waals surface area contributed by atoms with Crippen LogP contribution < -0.4 is 10.0 Å². The summed E-state index contributed by atoms with van der Waals surface area (Å²) in [5.41, 5.74) is 0.979. The third-order valence-corrected chi connectivity index (χ3v) is 5.21. The smallest absolute Gasteiger partial charge is 0.216 e. The molecule has 19 heavy (non-hydrogen) atoms. The van der Waals surface area contributed by atoms with E-state index < -0.39 is 10.0 Å². The highest BCUT2D eigenvalue weighted by molar-refractivity contribution is 7.88. The first kappa shape index (κ1) is 12.6. The van der Waals surface area contributed by atoms with Crippen LogP contribution >= 0.6 is 0 Å². The van der Waals surface area contributed by atoms with Crippen molar-refractivity contribution >= 4 is 10.0 Å². The lowest BCUT2D eigenvalue weighted by Crippen LogP contribution is -2.33. The van der Waals surface area contributed by atoms with Gasteiger partial charge in [0.2, 0.25) is 10.0 Å². The fraction of sp³-hybridized carbons (Fsp3) is 0.462. The van der Waals surface area contributed by atoms with Gasteiger partial charge in [0.25, 0.3) is 0 Å². The number of rotatable bonds is 4.